The number of nitrogens with zero attached hydrogens (tertiary/aromatic N) is 1. The van der Waals surface area contributed by atoms with E-state index in [2.05, 4.69) is 5.32 Å². The highest BCUT2D eigenvalue weighted by Gasteiger charge is 2.27. The Morgan fingerprint density at radius 3 is 2.60 bits per heavy atom. The molecule has 2 rings (SSSR count). The zero-order valence-corrected chi connectivity index (χ0v) is 13.1. The summed E-state index contributed by atoms with van der Waals surface area (Å²) in [4.78, 5) is 0. The van der Waals surface area contributed by atoms with Crippen molar-refractivity contribution in [2.45, 2.75) is 25.5 Å². The van der Waals surface area contributed by atoms with E-state index in [0.717, 1.165) is 30.5 Å². The highest BCUT2D eigenvalue weighted by atomic mass is 32.2. The van der Waals surface area contributed by atoms with Gasteiger partial charge in [0.2, 0.25) is 10.0 Å². The van der Waals surface area contributed by atoms with E-state index in [1.165, 1.54) is 0 Å². The lowest BCUT2D eigenvalue weighted by molar-refractivity contribution is 0.270. The van der Waals surface area contributed by atoms with E-state index in [-0.39, 0.29) is 5.75 Å². The predicted octanol–water partition coefficient (Wildman–Crippen LogP) is 1.76. The summed E-state index contributed by atoms with van der Waals surface area (Å²) >= 11 is 0. The Labute approximate surface area is 122 Å². The van der Waals surface area contributed by atoms with Gasteiger partial charge in [-0.3, -0.25) is 0 Å². The number of hydrogen-bond acceptors (Lipinski definition) is 3. The summed E-state index contributed by atoms with van der Waals surface area (Å²) in [7, 11) is -1.23. The molecule has 0 saturated carbocycles. The minimum atomic E-state index is -3.18. The van der Waals surface area contributed by atoms with Crippen LogP contribution in [0.1, 0.15) is 24.0 Å². The van der Waals surface area contributed by atoms with Gasteiger partial charge in [-0.25, -0.2) is 12.7 Å². The molecular formula is C15H24N2O2S. The maximum atomic E-state index is 12.4. The standard InChI is InChI=1S/C15H24N2O2S/c1-13-4-3-5-15(10-13)12-20(18,19)17-8-6-14(7-9-17)11-16-2/h3-5,10,14,16H,6-9,11-12H2,1-2H3. The molecule has 0 radical (unpaired) electrons. The second-order valence-corrected chi connectivity index (χ2v) is 7.61. The van der Waals surface area contributed by atoms with Gasteiger partial charge in [0.1, 0.15) is 0 Å². The fourth-order valence-electron chi connectivity index (χ4n) is 2.78. The molecule has 1 aromatic rings. The quantitative estimate of drug-likeness (QED) is 0.900. The van der Waals surface area contributed by atoms with Gasteiger partial charge >= 0.3 is 0 Å². The first-order valence-electron chi connectivity index (χ1n) is 7.19. The molecule has 1 aliphatic rings. The Morgan fingerprint density at radius 1 is 1.30 bits per heavy atom. The molecule has 1 aliphatic heterocycles. The molecule has 112 valence electrons. The molecule has 0 aromatic heterocycles. The molecule has 1 N–H and O–H groups in total. The zero-order chi connectivity index (χ0) is 14.6. The Balaban J connectivity index is 1.98. The number of aryl methyl sites for hydroxylation is 1. The van der Waals surface area contributed by atoms with Gasteiger partial charge in [-0.2, -0.15) is 0 Å². The van der Waals surface area contributed by atoms with Crippen molar-refractivity contribution in [3.05, 3.63) is 35.4 Å². The van der Waals surface area contributed by atoms with Crippen LogP contribution < -0.4 is 5.32 Å². The monoisotopic (exact) mass is 296 g/mol. The van der Waals surface area contributed by atoms with E-state index in [1.807, 2.05) is 38.2 Å². The average molecular weight is 296 g/mol. The van der Waals surface area contributed by atoms with Crippen molar-refractivity contribution in [2.75, 3.05) is 26.7 Å². The summed E-state index contributed by atoms with van der Waals surface area (Å²) in [6, 6.07) is 7.74. The van der Waals surface area contributed by atoms with E-state index in [0.29, 0.717) is 19.0 Å². The van der Waals surface area contributed by atoms with Crippen LogP contribution in [0.4, 0.5) is 0 Å². The number of piperidine rings is 1. The number of benzene rings is 1. The van der Waals surface area contributed by atoms with Crippen LogP contribution in [-0.2, 0) is 15.8 Å². The van der Waals surface area contributed by atoms with E-state index in [4.69, 9.17) is 0 Å². The maximum Gasteiger partial charge on any atom is 0.218 e. The first kappa shape index (κ1) is 15.5. The smallest absolute Gasteiger partial charge is 0.218 e. The molecule has 4 nitrogen and oxygen atoms in total. The van der Waals surface area contributed by atoms with Crippen LogP contribution in [-0.4, -0.2) is 39.4 Å². The lowest BCUT2D eigenvalue weighted by Crippen LogP contribution is -2.40. The van der Waals surface area contributed by atoms with Gasteiger partial charge in [0, 0.05) is 13.1 Å². The summed E-state index contributed by atoms with van der Waals surface area (Å²) < 4.78 is 26.5. The second kappa shape index (κ2) is 6.70. The van der Waals surface area contributed by atoms with Crippen LogP contribution in [0, 0.1) is 12.8 Å². The van der Waals surface area contributed by atoms with Crippen LogP contribution in [0.15, 0.2) is 24.3 Å². The SMILES string of the molecule is CNCC1CCN(S(=O)(=O)Cc2cccc(C)c2)CC1. The third-order valence-corrected chi connectivity index (χ3v) is 5.74. The zero-order valence-electron chi connectivity index (χ0n) is 12.3. The van der Waals surface area contributed by atoms with Crippen molar-refractivity contribution in [3.63, 3.8) is 0 Å². The lowest BCUT2D eigenvalue weighted by Gasteiger charge is -2.31. The lowest BCUT2D eigenvalue weighted by atomic mass is 9.98. The van der Waals surface area contributed by atoms with Crippen LogP contribution in [0.2, 0.25) is 0 Å². The van der Waals surface area contributed by atoms with Gasteiger partial charge in [0.25, 0.3) is 0 Å². The Bertz CT molecular complexity index is 535. The number of nitrogens with one attached hydrogen (secondary N) is 1. The largest absolute Gasteiger partial charge is 0.319 e. The normalized spacial score (nSPS) is 18.3. The van der Waals surface area contributed by atoms with Crippen LogP contribution in [0.3, 0.4) is 0 Å². The van der Waals surface area contributed by atoms with Crippen molar-refractivity contribution >= 4 is 10.0 Å². The number of hydrogen-bond donors (Lipinski definition) is 1. The Morgan fingerprint density at radius 2 is 2.00 bits per heavy atom. The molecule has 0 aliphatic carbocycles. The van der Waals surface area contributed by atoms with Gasteiger partial charge in [0.05, 0.1) is 5.75 Å². The minimum Gasteiger partial charge on any atom is -0.319 e. The molecule has 1 aromatic carbocycles. The van der Waals surface area contributed by atoms with Crippen molar-refractivity contribution in [3.8, 4) is 0 Å². The molecule has 20 heavy (non-hydrogen) atoms. The van der Waals surface area contributed by atoms with Crippen LogP contribution >= 0.6 is 0 Å². The van der Waals surface area contributed by atoms with Crippen LogP contribution in [0.25, 0.3) is 0 Å². The highest BCUT2D eigenvalue weighted by Crippen LogP contribution is 2.21. The second-order valence-electron chi connectivity index (χ2n) is 5.65. The molecule has 0 unspecified atom stereocenters. The summed E-state index contributed by atoms with van der Waals surface area (Å²) in [6.45, 7) is 4.27. The van der Waals surface area contributed by atoms with Gasteiger partial charge in [-0.1, -0.05) is 29.8 Å². The number of rotatable bonds is 5. The Hall–Kier alpha value is -0.910. The molecular weight excluding hydrogens is 272 g/mol. The molecule has 0 spiro atoms. The third-order valence-electron chi connectivity index (χ3n) is 3.89. The predicted molar refractivity (Wildman–Crippen MR) is 82.0 cm³/mol. The van der Waals surface area contributed by atoms with Gasteiger partial charge in [-0.05, 0) is 44.8 Å². The summed E-state index contributed by atoms with van der Waals surface area (Å²) in [5.74, 6) is 0.719. The average Bonchev–Trinajstić information content (AvgIpc) is 2.39. The first-order valence-corrected chi connectivity index (χ1v) is 8.80. The first-order chi connectivity index (χ1) is 9.51. The topological polar surface area (TPSA) is 49.4 Å². The van der Waals surface area contributed by atoms with Gasteiger partial charge in [-0.15, -0.1) is 0 Å². The van der Waals surface area contributed by atoms with Crippen molar-refractivity contribution < 1.29 is 8.42 Å². The van der Waals surface area contributed by atoms with E-state index in [1.54, 1.807) is 4.31 Å². The summed E-state index contributed by atoms with van der Waals surface area (Å²) in [5.41, 5.74) is 1.98. The van der Waals surface area contributed by atoms with Crippen molar-refractivity contribution in [1.82, 2.24) is 9.62 Å². The fourth-order valence-corrected chi connectivity index (χ4v) is 4.33. The molecule has 1 saturated heterocycles. The molecule has 5 heteroatoms. The summed E-state index contributed by atoms with van der Waals surface area (Å²) in [5, 5.41) is 3.17. The van der Waals surface area contributed by atoms with Gasteiger partial charge < -0.3 is 5.32 Å². The van der Waals surface area contributed by atoms with Crippen molar-refractivity contribution in [2.24, 2.45) is 5.92 Å². The molecule has 0 amide bonds. The molecule has 1 fully saturated rings. The number of sulfonamides is 1. The fraction of sp³-hybridized carbons (Fsp3) is 0.600. The van der Waals surface area contributed by atoms with E-state index < -0.39 is 10.0 Å². The maximum absolute atomic E-state index is 12.4. The third kappa shape index (κ3) is 4.04. The molecule has 0 bridgehead atoms. The minimum absolute atomic E-state index is 0.116. The van der Waals surface area contributed by atoms with E-state index >= 15 is 0 Å². The Kier molecular flexibility index (Phi) is 5.18. The van der Waals surface area contributed by atoms with E-state index in [9.17, 15) is 8.42 Å². The van der Waals surface area contributed by atoms with Gasteiger partial charge in [0.15, 0.2) is 0 Å². The molecule has 0 atom stereocenters. The van der Waals surface area contributed by atoms with Crippen molar-refractivity contribution in [1.29, 1.82) is 0 Å². The summed E-state index contributed by atoms with van der Waals surface area (Å²) in [6.07, 6.45) is 1.90. The molecule has 1 heterocycles. The van der Waals surface area contributed by atoms with Crippen LogP contribution in [0.5, 0.6) is 0 Å². The highest BCUT2D eigenvalue weighted by molar-refractivity contribution is 7.88.